The second-order valence-electron chi connectivity index (χ2n) is 4.59. The first kappa shape index (κ1) is 14.1. The summed E-state index contributed by atoms with van der Waals surface area (Å²) in [6.45, 7) is 0.143. The van der Waals surface area contributed by atoms with Crippen LogP contribution in [0, 0.1) is 0 Å². The Hall–Kier alpha value is -2.30. The van der Waals surface area contributed by atoms with Gasteiger partial charge in [0.2, 0.25) is 0 Å². The summed E-state index contributed by atoms with van der Waals surface area (Å²) < 4.78 is 0. The first-order valence-corrected chi connectivity index (χ1v) is 6.01. The molecule has 1 heterocycles. The average Bonchev–Trinajstić information content (AvgIpc) is 2.69. The highest BCUT2D eigenvalue weighted by Crippen LogP contribution is 2.32. The number of carboxylic acid groups (broad SMARTS) is 2. The molecule has 2 aliphatic rings. The van der Waals surface area contributed by atoms with E-state index in [1.165, 1.54) is 11.0 Å². The second-order valence-corrected chi connectivity index (χ2v) is 4.59. The maximum Gasteiger partial charge on any atom is 0.321 e. The first-order valence-electron chi connectivity index (χ1n) is 6.01. The van der Waals surface area contributed by atoms with Crippen LogP contribution in [-0.4, -0.2) is 51.0 Å². The van der Waals surface area contributed by atoms with Crippen molar-refractivity contribution in [1.29, 1.82) is 0 Å². The third kappa shape index (κ3) is 2.52. The van der Waals surface area contributed by atoms with E-state index in [1.807, 2.05) is 0 Å². The number of allylic oxidation sites excluding steroid dienone is 1. The maximum absolute atomic E-state index is 11.3. The van der Waals surface area contributed by atoms with Gasteiger partial charge in [0.05, 0.1) is 5.57 Å². The van der Waals surface area contributed by atoms with Gasteiger partial charge in [-0.1, -0.05) is 11.5 Å². The van der Waals surface area contributed by atoms with E-state index < -0.39 is 24.2 Å². The molecule has 1 aliphatic heterocycles. The zero-order valence-corrected chi connectivity index (χ0v) is 10.5. The van der Waals surface area contributed by atoms with Crippen LogP contribution in [0.1, 0.15) is 12.8 Å². The number of aliphatic carboxylic acids is 2. The molecule has 7 heteroatoms. The number of fused-ring (bicyclic) bond motifs is 1. The topological polar surface area (TPSA) is 124 Å². The molecule has 0 bridgehead atoms. The molecule has 0 aromatic rings. The van der Waals surface area contributed by atoms with Crippen molar-refractivity contribution in [3.8, 4) is 0 Å². The van der Waals surface area contributed by atoms with Crippen molar-refractivity contribution in [2.45, 2.75) is 25.1 Å². The predicted molar refractivity (Wildman–Crippen MR) is 67.3 cm³/mol. The molecular weight excluding hydrogens is 264 g/mol. The minimum atomic E-state index is -1.18. The Morgan fingerprint density at radius 3 is 2.75 bits per heavy atom. The number of aliphatic hydroxyl groups is 1. The van der Waals surface area contributed by atoms with Crippen LogP contribution in [-0.2, 0) is 9.59 Å². The molecule has 0 spiro atoms. The quantitative estimate of drug-likeness (QED) is 0.495. The van der Waals surface area contributed by atoms with Gasteiger partial charge in [0.25, 0.3) is 0 Å². The second kappa shape index (κ2) is 5.36. The summed E-state index contributed by atoms with van der Waals surface area (Å²) in [5.41, 5.74) is 12.5. The molecule has 0 radical (unpaired) electrons. The van der Waals surface area contributed by atoms with Gasteiger partial charge < -0.3 is 21.1 Å². The van der Waals surface area contributed by atoms with Crippen molar-refractivity contribution in [2.75, 3.05) is 6.54 Å². The Kier molecular flexibility index (Phi) is 3.79. The van der Waals surface area contributed by atoms with Crippen LogP contribution < -0.4 is 5.73 Å². The van der Waals surface area contributed by atoms with Crippen molar-refractivity contribution < 1.29 is 24.9 Å². The number of carbonyl (C=O) groups is 2. The third-order valence-corrected chi connectivity index (χ3v) is 3.34. The van der Waals surface area contributed by atoms with E-state index in [-0.39, 0.29) is 19.4 Å². The molecule has 1 aliphatic carbocycles. The molecule has 1 fully saturated rings. The van der Waals surface area contributed by atoms with Crippen molar-refractivity contribution in [2.24, 2.45) is 5.73 Å². The number of nitrogens with two attached hydrogens (primary N) is 1. The fourth-order valence-corrected chi connectivity index (χ4v) is 2.31. The molecule has 0 amide bonds. The normalized spacial score (nSPS) is 22.6. The van der Waals surface area contributed by atoms with E-state index in [9.17, 15) is 19.8 Å². The van der Waals surface area contributed by atoms with E-state index in [0.717, 1.165) is 0 Å². The fourth-order valence-electron chi connectivity index (χ4n) is 2.31. The van der Waals surface area contributed by atoms with Crippen LogP contribution in [0.5, 0.6) is 0 Å². The summed E-state index contributed by atoms with van der Waals surface area (Å²) in [6.07, 6.45) is -0.0526. The summed E-state index contributed by atoms with van der Waals surface area (Å²) in [5.74, 6) is -2.26. The minimum Gasteiger partial charge on any atom is -0.481 e. The largest absolute Gasteiger partial charge is 0.481 e. The number of hydrogen-bond acceptors (Lipinski definition) is 5. The number of likely N-dealkylation sites (tertiary alicyclic amines) is 1. The average molecular weight is 278 g/mol. The number of hydrogen-bond donors (Lipinski definition) is 4. The molecule has 7 nitrogen and oxygen atoms in total. The number of carboxylic acids is 2. The van der Waals surface area contributed by atoms with Gasteiger partial charge in [-0.2, -0.15) is 0 Å². The van der Waals surface area contributed by atoms with E-state index in [0.29, 0.717) is 16.8 Å². The molecule has 5 N–H and O–H groups in total. The Labute approximate surface area is 114 Å². The number of rotatable bonds is 5. The van der Waals surface area contributed by atoms with E-state index in [4.69, 9.17) is 10.8 Å². The Morgan fingerprint density at radius 1 is 1.50 bits per heavy atom. The van der Waals surface area contributed by atoms with Gasteiger partial charge in [0.15, 0.2) is 0 Å². The maximum atomic E-state index is 11.3. The van der Waals surface area contributed by atoms with Crippen molar-refractivity contribution in [3.63, 3.8) is 0 Å². The molecule has 1 saturated heterocycles. The molecule has 0 saturated carbocycles. The zero-order chi connectivity index (χ0) is 14.9. The molecule has 0 aromatic heterocycles. The summed E-state index contributed by atoms with van der Waals surface area (Å²) >= 11 is 0. The van der Waals surface area contributed by atoms with Crippen molar-refractivity contribution >= 4 is 11.9 Å². The molecule has 106 valence electrons. The molecule has 2 unspecified atom stereocenters. The lowest BCUT2D eigenvalue weighted by Crippen LogP contribution is -2.44. The van der Waals surface area contributed by atoms with Crippen LogP contribution in [0.15, 0.2) is 34.4 Å². The SMILES string of the molecule is NC1=C2CN(C(CCC(=O)O)C(=O)O)C(O)C2=C=C=C1. The highest BCUT2D eigenvalue weighted by atomic mass is 16.4. The Balaban J connectivity index is 2.25. The van der Waals surface area contributed by atoms with Gasteiger partial charge in [0.1, 0.15) is 12.3 Å². The number of nitrogens with zero attached hydrogens (tertiary/aromatic N) is 1. The van der Waals surface area contributed by atoms with Crippen molar-refractivity contribution in [1.82, 2.24) is 4.90 Å². The van der Waals surface area contributed by atoms with Gasteiger partial charge in [-0.25, -0.2) is 0 Å². The third-order valence-electron chi connectivity index (χ3n) is 3.34. The van der Waals surface area contributed by atoms with E-state index in [1.54, 1.807) is 0 Å². The molecular formula is C13H14N2O5. The number of aliphatic hydroxyl groups excluding tert-OH is 1. The van der Waals surface area contributed by atoms with Gasteiger partial charge in [-0.3, -0.25) is 14.5 Å². The van der Waals surface area contributed by atoms with Gasteiger partial charge in [-0.15, -0.1) is 0 Å². The molecule has 2 atom stereocenters. The van der Waals surface area contributed by atoms with Crippen LogP contribution in [0.2, 0.25) is 0 Å². The first-order chi connectivity index (χ1) is 9.41. The summed E-state index contributed by atoms with van der Waals surface area (Å²) in [7, 11) is 0. The van der Waals surface area contributed by atoms with Crippen LogP contribution in [0.4, 0.5) is 0 Å². The lowest BCUT2D eigenvalue weighted by Gasteiger charge is -2.26. The lowest BCUT2D eigenvalue weighted by molar-refractivity contribution is -0.147. The summed E-state index contributed by atoms with van der Waals surface area (Å²) in [5, 5.41) is 28.0. The van der Waals surface area contributed by atoms with Crippen LogP contribution >= 0.6 is 0 Å². The zero-order valence-electron chi connectivity index (χ0n) is 10.5. The predicted octanol–water partition coefficient (Wildman–Crippen LogP) is -0.599. The highest BCUT2D eigenvalue weighted by Gasteiger charge is 2.40. The minimum absolute atomic E-state index is 0.0979. The summed E-state index contributed by atoms with van der Waals surface area (Å²) in [6, 6.07) is -1.10. The standard InChI is InChI=1S/C13H14N2O5/c14-9-3-1-2-7-8(9)6-15(12(7)18)10(13(19)20)4-5-11(16)17/h3,10,12,18H,4-6,14H2,(H,16,17)(H,19,20). The Morgan fingerprint density at radius 2 is 2.20 bits per heavy atom. The van der Waals surface area contributed by atoms with E-state index >= 15 is 0 Å². The van der Waals surface area contributed by atoms with Crippen molar-refractivity contribution in [3.05, 3.63) is 34.4 Å². The van der Waals surface area contributed by atoms with Crippen LogP contribution in [0.3, 0.4) is 0 Å². The highest BCUT2D eigenvalue weighted by molar-refractivity contribution is 5.75. The smallest absolute Gasteiger partial charge is 0.321 e. The van der Waals surface area contributed by atoms with Crippen LogP contribution in [0.25, 0.3) is 0 Å². The summed E-state index contributed by atoms with van der Waals surface area (Å²) in [4.78, 5) is 23.2. The van der Waals surface area contributed by atoms with Gasteiger partial charge in [-0.05, 0) is 6.42 Å². The molecule has 20 heavy (non-hydrogen) atoms. The Bertz CT molecular complexity index is 594. The van der Waals surface area contributed by atoms with Gasteiger partial charge >= 0.3 is 11.9 Å². The molecule has 0 aromatic carbocycles. The molecule has 2 rings (SSSR count). The lowest BCUT2D eigenvalue weighted by atomic mass is 10.1. The van der Waals surface area contributed by atoms with E-state index in [2.05, 4.69) is 11.5 Å². The monoisotopic (exact) mass is 278 g/mol. The van der Waals surface area contributed by atoms with Gasteiger partial charge in [0, 0.05) is 30.3 Å². The fraction of sp³-hybridized carbons (Fsp3) is 0.385.